The van der Waals surface area contributed by atoms with Crippen LogP contribution in [-0.4, -0.2) is 60.0 Å². The minimum atomic E-state index is -0.817. The van der Waals surface area contributed by atoms with Gasteiger partial charge in [-0.15, -0.1) is 0 Å². The average Bonchev–Trinajstić information content (AvgIpc) is 2.36. The fraction of sp³-hybridized carbons (Fsp3) is 0.818. The highest BCUT2D eigenvalue weighted by Gasteiger charge is 2.29. The van der Waals surface area contributed by atoms with Crippen LogP contribution in [0.25, 0.3) is 0 Å². The molecule has 92 valence electrons. The van der Waals surface area contributed by atoms with Gasteiger partial charge in [0.05, 0.1) is 12.5 Å². The smallest absolute Gasteiger partial charge is 0.309 e. The first kappa shape index (κ1) is 13.0. The van der Waals surface area contributed by atoms with Gasteiger partial charge in [0, 0.05) is 20.1 Å². The van der Waals surface area contributed by atoms with Gasteiger partial charge in [-0.05, 0) is 13.0 Å². The van der Waals surface area contributed by atoms with E-state index < -0.39 is 11.9 Å². The second-order valence-corrected chi connectivity index (χ2v) is 4.40. The Morgan fingerprint density at radius 1 is 1.50 bits per heavy atom. The maximum atomic E-state index is 11.6. The molecule has 0 radical (unpaired) electrons. The van der Waals surface area contributed by atoms with E-state index in [9.17, 15) is 9.59 Å². The van der Waals surface area contributed by atoms with E-state index in [-0.39, 0.29) is 5.91 Å². The van der Waals surface area contributed by atoms with Crippen molar-refractivity contribution in [3.63, 3.8) is 0 Å². The third-order valence-corrected chi connectivity index (χ3v) is 2.93. The van der Waals surface area contributed by atoms with Crippen molar-refractivity contribution in [3.05, 3.63) is 0 Å². The Kier molecular flexibility index (Phi) is 4.73. The van der Waals surface area contributed by atoms with Crippen molar-refractivity contribution in [2.24, 2.45) is 5.92 Å². The van der Waals surface area contributed by atoms with Crippen molar-refractivity contribution in [1.82, 2.24) is 9.80 Å². The highest BCUT2D eigenvalue weighted by atomic mass is 16.4. The van der Waals surface area contributed by atoms with Crippen molar-refractivity contribution in [2.45, 2.75) is 19.8 Å². The Bertz CT molecular complexity index is 268. The van der Waals surface area contributed by atoms with Crippen molar-refractivity contribution in [1.29, 1.82) is 0 Å². The van der Waals surface area contributed by atoms with Gasteiger partial charge in [-0.25, -0.2) is 0 Å². The van der Waals surface area contributed by atoms with Crippen LogP contribution in [0.2, 0.25) is 0 Å². The van der Waals surface area contributed by atoms with Crippen LogP contribution < -0.4 is 0 Å². The zero-order valence-electron chi connectivity index (χ0n) is 9.98. The summed E-state index contributed by atoms with van der Waals surface area (Å²) in [4.78, 5) is 26.1. The summed E-state index contributed by atoms with van der Waals surface area (Å²) in [6, 6.07) is 0. The fourth-order valence-corrected chi connectivity index (χ4v) is 1.89. The Morgan fingerprint density at radius 3 is 2.75 bits per heavy atom. The van der Waals surface area contributed by atoms with E-state index in [1.165, 1.54) is 4.90 Å². The van der Waals surface area contributed by atoms with Crippen molar-refractivity contribution < 1.29 is 14.7 Å². The zero-order valence-corrected chi connectivity index (χ0v) is 9.98. The summed E-state index contributed by atoms with van der Waals surface area (Å²) in [6.07, 6.45) is 2.06. The number of aliphatic carboxylic acids is 1. The van der Waals surface area contributed by atoms with Crippen LogP contribution in [0.5, 0.6) is 0 Å². The minimum Gasteiger partial charge on any atom is -0.481 e. The Balaban J connectivity index is 2.64. The molecular formula is C11H20N2O3. The van der Waals surface area contributed by atoms with E-state index in [2.05, 4.69) is 6.92 Å². The molecule has 0 aromatic heterocycles. The van der Waals surface area contributed by atoms with Crippen LogP contribution in [0.1, 0.15) is 19.8 Å². The van der Waals surface area contributed by atoms with Crippen LogP contribution in [0.4, 0.5) is 0 Å². The van der Waals surface area contributed by atoms with E-state index in [1.807, 2.05) is 4.90 Å². The van der Waals surface area contributed by atoms with E-state index in [1.54, 1.807) is 7.05 Å². The minimum absolute atomic E-state index is 0.0138. The van der Waals surface area contributed by atoms with Crippen LogP contribution in [-0.2, 0) is 9.59 Å². The average molecular weight is 228 g/mol. The molecule has 0 aromatic rings. The molecule has 1 fully saturated rings. The van der Waals surface area contributed by atoms with E-state index in [0.29, 0.717) is 19.6 Å². The van der Waals surface area contributed by atoms with Gasteiger partial charge in [0.25, 0.3) is 0 Å². The lowest BCUT2D eigenvalue weighted by atomic mass is 10.1. The van der Waals surface area contributed by atoms with Crippen LogP contribution in [0.15, 0.2) is 0 Å². The molecule has 1 rings (SSSR count). The molecule has 1 aliphatic heterocycles. The summed E-state index contributed by atoms with van der Waals surface area (Å²) in [5, 5.41) is 9.05. The molecule has 1 N–H and O–H groups in total. The summed E-state index contributed by atoms with van der Waals surface area (Å²) in [5.74, 6) is -1.27. The summed E-state index contributed by atoms with van der Waals surface area (Å²) in [6.45, 7) is 4.03. The van der Waals surface area contributed by atoms with Crippen LogP contribution in [0, 0.1) is 5.92 Å². The summed E-state index contributed by atoms with van der Waals surface area (Å²) >= 11 is 0. The largest absolute Gasteiger partial charge is 0.481 e. The second-order valence-electron chi connectivity index (χ2n) is 4.40. The van der Waals surface area contributed by atoms with Gasteiger partial charge >= 0.3 is 5.97 Å². The van der Waals surface area contributed by atoms with Crippen molar-refractivity contribution in [3.8, 4) is 0 Å². The van der Waals surface area contributed by atoms with Gasteiger partial charge in [-0.1, -0.05) is 13.3 Å². The first-order chi connectivity index (χ1) is 7.54. The molecule has 0 spiro atoms. The highest BCUT2D eigenvalue weighted by molar-refractivity contribution is 5.80. The van der Waals surface area contributed by atoms with E-state index >= 15 is 0 Å². The molecule has 16 heavy (non-hydrogen) atoms. The molecule has 0 saturated carbocycles. The SMILES string of the molecule is CCCCN1CC(=O)N(C)CC(C(=O)O)C1. The van der Waals surface area contributed by atoms with Gasteiger partial charge in [0.2, 0.25) is 5.91 Å². The van der Waals surface area contributed by atoms with Crippen LogP contribution >= 0.6 is 0 Å². The van der Waals surface area contributed by atoms with Crippen molar-refractivity contribution >= 4 is 11.9 Å². The predicted molar refractivity (Wildman–Crippen MR) is 60.1 cm³/mol. The molecule has 1 atom stereocenters. The summed E-state index contributed by atoms with van der Waals surface area (Å²) in [5.41, 5.74) is 0. The van der Waals surface area contributed by atoms with Gasteiger partial charge < -0.3 is 10.0 Å². The normalized spacial score (nSPS) is 23.2. The molecular weight excluding hydrogens is 208 g/mol. The van der Waals surface area contributed by atoms with E-state index in [0.717, 1.165) is 19.4 Å². The monoisotopic (exact) mass is 228 g/mol. The molecule has 1 unspecified atom stereocenters. The number of carbonyl (C=O) groups is 2. The molecule has 5 heteroatoms. The number of carbonyl (C=O) groups excluding carboxylic acids is 1. The molecule has 1 saturated heterocycles. The number of hydrogen-bond donors (Lipinski definition) is 1. The molecule has 0 aromatic carbocycles. The number of unbranched alkanes of at least 4 members (excludes halogenated alkanes) is 1. The number of nitrogens with zero attached hydrogens (tertiary/aromatic N) is 2. The van der Waals surface area contributed by atoms with Crippen molar-refractivity contribution in [2.75, 3.05) is 33.2 Å². The predicted octanol–water partition coefficient (Wildman–Crippen LogP) is 0.261. The fourth-order valence-electron chi connectivity index (χ4n) is 1.89. The zero-order chi connectivity index (χ0) is 12.1. The first-order valence-corrected chi connectivity index (χ1v) is 5.73. The number of amides is 1. The standard InChI is InChI=1S/C11H20N2O3/c1-3-4-5-13-7-9(11(15)16)6-12(2)10(14)8-13/h9H,3-8H2,1-2H3,(H,15,16). The molecule has 1 heterocycles. The van der Waals surface area contributed by atoms with E-state index in [4.69, 9.17) is 5.11 Å². The number of rotatable bonds is 4. The summed E-state index contributed by atoms with van der Waals surface area (Å²) < 4.78 is 0. The number of hydrogen-bond acceptors (Lipinski definition) is 3. The Labute approximate surface area is 96.0 Å². The Morgan fingerprint density at radius 2 is 2.19 bits per heavy atom. The molecule has 1 aliphatic rings. The topological polar surface area (TPSA) is 60.9 Å². The lowest BCUT2D eigenvalue weighted by molar-refractivity contribution is -0.142. The molecule has 5 nitrogen and oxygen atoms in total. The van der Waals surface area contributed by atoms with Gasteiger partial charge in [-0.3, -0.25) is 14.5 Å². The Hall–Kier alpha value is -1.10. The maximum absolute atomic E-state index is 11.6. The lowest BCUT2D eigenvalue weighted by Gasteiger charge is -2.20. The first-order valence-electron chi connectivity index (χ1n) is 5.73. The second kappa shape index (κ2) is 5.84. The van der Waals surface area contributed by atoms with Gasteiger partial charge in [0.15, 0.2) is 0 Å². The maximum Gasteiger partial charge on any atom is 0.309 e. The molecule has 1 amide bonds. The number of likely N-dealkylation sites (N-methyl/N-ethyl adjacent to an activating group) is 1. The lowest BCUT2D eigenvalue weighted by Crippen LogP contribution is -2.35. The molecule has 0 aliphatic carbocycles. The highest BCUT2D eigenvalue weighted by Crippen LogP contribution is 2.10. The van der Waals surface area contributed by atoms with Gasteiger partial charge in [-0.2, -0.15) is 0 Å². The van der Waals surface area contributed by atoms with Gasteiger partial charge in [0.1, 0.15) is 0 Å². The number of carboxylic acids is 1. The summed E-state index contributed by atoms with van der Waals surface area (Å²) in [7, 11) is 1.67. The third-order valence-electron chi connectivity index (χ3n) is 2.93. The molecule has 0 bridgehead atoms. The van der Waals surface area contributed by atoms with Crippen LogP contribution in [0.3, 0.4) is 0 Å². The number of carboxylic acid groups (broad SMARTS) is 1. The third kappa shape index (κ3) is 3.48. The quantitative estimate of drug-likeness (QED) is 0.750.